The molecule has 1 aliphatic heterocycles. The van der Waals surface area contributed by atoms with Gasteiger partial charge in [-0.2, -0.15) is 4.98 Å². The normalized spacial score (nSPS) is 20.0. The molecule has 32 heavy (non-hydrogen) atoms. The average molecular weight is 447 g/mol. The molecular formula is C27H27ClN2O2. The number of fused-ring (bicyclic) bond motifs is 7. The van der Waals surface area contributed by atoms with E-state index in [2.05, 4.69) is 27.8 Å². The van der Waals surface area contributed by atoms with Crippen LogP contribution in [-0.2, 0) is 16.6 Å². The molecule has 5 heteroatoms. The Hall–Kier alpha value is -2.46. The second-order valence-corrected chi connectivity index (χ2v) is 10.3. The Kier molecular flexibility index (Phi) is 4.76. The van der Waals surface area contributed by atoms with Gasteiger partial charge in [-0.25, -0.2) is 0 Å². The minimum Gasteiger partial charge on any atom is -0.300 e. The topological polar surface area (TPSA) is 52.0 Å². The van der Waals surface area contributed by atoms with Crippen LogP contribution >= 0.6 is 11.6 Å². The van der Waals surface area contributed by atoms with Gasteiger partial charge < -0.3 is 0 Å². The van der Waals surface area contributed by atoms with Crippen molar-refractivity contribution in [2.24, 2.45) is 5.92 Å². The lowest BCUT2D eigenvalue weighted by atomic mass is 9.69. The molecule has 2 aliphatic carbocycles. The zero-order valence-corrected chi connectivity index (χ0v) is 19.0. The highest BCUT2D eigenvalue weighted by molar-refractivity contribution is 6.35. The molecule has 0 atom stereocenters. The molecule has 0 radical (unpaired) electrons. The Morgan fingerprint density at radius 3 is 2.59 bits per heavy atom. The molecule has 2 aromatic carbocycles. The summed E-state index contributed by atoms with van der Waals surface area (Å²) in [7, 11) is 0. The summed E-state index contributed by atoms with van der Waals surface area (Å²) in [6.45, 7) is 0. The van der Waals surface area contributed by atoms with Gasteiger partial charge in [-0.05, 0) is 67.3 Å². The number of ketones is 1. The van der Waals surface area contributed by atoms with E-state index in [1.807, 2.05) is 12.1 Å². The summed E-state index contributed by atoms with van der Waals surface area (Å²) < 4.78 is 2.20. The fourth-order valence-electron chi connectivity index (χ4n) is 6.39. The highest BCUT2D eigenvalue weighted by Gasteiger charge is 2.46. The zero-order chi connectivity index (χ0) is 21.9. The largest absolute Gasteiger partial charge is 0.300 e. The summed E-state index contributed by atoms with van der Waals surface area (Å²) in [6.07, 6.45) is 10.1. The number of carbonyl (C=O) groups excluding carboxylic acids is 1. The van der Waals surface area contributed by atoms with Gasteiger partial charge in [0.25, 0.3) is 5.56 Å². The number of benzene rings is 2. The van der Waals surface area contributed by atoms with Crippen molar-refractivity contribution in [3.8, 4) is 5.69 Å². The number of nitrogens with zero attached hydrogens (tertiary/aromatic N) is 2. The Morgan fingerprint density at radius 2 is 1.81 bits per heavy atom. The van der Waals surface area contributed by atoms with Crippen LogP contribution in [0.25, 0.3) is 16.6 Å². The molecule has 0 bridgehead atoms. The molecular weight excluding hydrogens is 420 g/mol. The van der Waals surface area contributed by atoms with Crippen LogP contribution in [0.5, 0.6) is 0 Å². The molecule has 0 amide bonds. The molecule has 3 aliphatic rings. The first-order valence-electron chi connectivity index (χ1n) is 11.9. The number of Topliss-reactive ketones (excluding diaryl/α,β-unsaturated/α-hetero) is 1. The molecule has 3 aromatic rings. The number of halogens is 1. The highest BCUT2D eigenvalue weighted by atomic mass is 35.5. The van der Waals surface area contributed by atoms with E-state index in [0.717, 1.165) is 74.8 Å². The minimum atomic E-state index is -0.221. The Bertz CT molecular complexity index is 1290. The first kappa shape index (κ1) is 20.2. The number of aromatic nitrogens is 2. The van der Waals surface area contributed by atoms with Crippen LogP contribution in [0, 0.1) is 5.92 Å². The summed E-state index contributed by atoms with van der Waals surface area (Å²) in [5.41, 5.74) is 4.25. The van der Waals surface area contributed by atoms with Crippen molar-refractivity contribution in [2.75, 3.05) is 0 Å². The van der Waals surface area contributed by atoms with Crippen molar-refractivity contribution in [1.29, 1.82) is 0 Å². The van der Waals surface area contributed by atoms with Gasteiger partial charge in [0.05, 0.1) is 27.0 Å². The Labute approximate surface area is 192 Å². The molecule has 2 fully saturated rings. The second kappa shape index (κ2) is 7.55. The van der Waals surface area contributed by atoms with Crippen molar-refractivity contribution in [2.45, 2.75) is 69.6 Å². The standard InChI is InChI=1S/C27H27ClN2O2/c28-21-5-4-6-23-24(21)25(32)29-26-27(13-2-1-3-14-27)20-16-18(9-12-22(20)30(23)26)15-17-7-10-19(31)11-8-17/h4-6,9,12,16-17H,1-3,7-8,10-11,13-15H2. The van der Waals surface area contributed by atoms with E-state index in [1.54, 1.807) is 6.07 Å². The van der Waals surface area contributed by atoms with Gasteiger partial charge in [0.1, 0.15) is 11.6 Å². The maximum atomic E-state index is 13.1. The molecule has 164 valence electrons. The fourth-order valence-corrected chi connectivity index (χ4v) is 6.64. The van der Waals surface area contributed by atoms with Crippen LogP contribution in [0.15, 0.2) is 41.2 Å². The van der Waals surface area contributed by atoms with Crippen LogP contribution in [0.2, 0.25) is 5.02 Å². The predicted octanol–water partition coefficient (Wildman–Crippen LogP) is 5.90. The first-order chi connectivity index (χ1) is 15.6. The van der Waals surface area contributed by atoms with E-state index in [4.69, 9.17) is 11.6 Å². The maximum absolute atomic E-state index is 13.1. The van der Waals surface area contributed by atoms with Crippen LogP contribution in [0.1, 0.15) is 74.7 Å². The summed E-state index contributed by atoms with van der Waals surface area (Å²) in [4.78, 5) is 29.4. The number of rotatable bonds is 2. The second-order valence-electron chi connectivity index (χ2n) is 9.89. The van der Waals surface area contributed by atoms with Crippen LogP contribution in [0.3, 0.4) is 0 Å². The first-order valence-corrected chi connectivity index (χ1v) is 12.3. The third-order valence-electron chi connectivity index (χ3n) is 8.01. The minimum absolute atomic E-state index is 0.193. The van der Waals surface area contributed by atoms with Crippen molar-refractivity contribution in [1.82, 2.24) is 9.55 Å². The van der Waals surface area contributed by atoms with E-state index >= 15 is 0 Å². The third kappa shape index (κ3) is 2.99. The van der Waals surface area contributed by atoms with Crippen molar-refractivity contribution >= 4 is 28.3 Å². The molecule has 6 rings (SSSR count). The molecule has 0 N–H and O–H groups in total. The number of hydrogen-bond donors (Lipinski definition) is 0. The Morgan fingerprint density at radius 1 is 1.03 bits per heavy atom. The van der Waals surface area contributed by atoms with Crippen molar-refractivity contribution in [3.63, 3.8) is 0 Å². The summed E-state index contributed by atoms with van der Waals surface area (Å²) in [5, 5.41) is 0.970. The van der Waals surface area contributed by atoms with Gasteiger partial charge in [0.15, 0.2) is 0 Å². The van der Waals surface area contributed by atoms with Crippen molar-refractivity contribution < 1.29 is 4.79 Å². The van der Waals surface area contributed by atoms with E-state index in [-0.39, 0.29) is 11.0 Å². The van der Waals surface area contributed by atoms with Crippen LogP contribution < -0.4 is 5.56 Å². The molecule has 4 nitrogen and oxygen atoms in total. The van der Waals surface area contributed by atoms with Gasteiger partial charge >= 0.3 is 0 Å². The van der Waals surface area contributed by atoms with Crippen LogP contribution in [0.4, 0.5) is 0 Å². The van der Waals surface area contributed by atoms with Gasteiger partial charge in [-0.15, -0.1) is 0 Å². The number of hydrogen-bond acceptors (Lipinski definition) is 3. The molecule has 1 aromatic heterocycles. The van der Waals surface area contributed by atoms with Gasteiger partial charge in [-0.3, -0.25) is 14.2 Å². The average Bonchev–Trinajstić information content (AvgIpc) is 3.05. The van der Waals surface area contributed by atoms with E-state index < -0.39 is 0 Å². The highest BCUT2D eigenvalue weighted by Crippen LogP contribution is 2.51. The Balaban J connectivity index is 1.52. The SMILES string of the molecule is O=C1CCC(Cc2ccc3c(c2)C2(CCCCC2)c2nc(=O)c4c(Cl)cccc4n2-3)CC1. The van der Waals surface area contributed by atoms with E-state index in [1.165, 1.54) is 17.5 Å². The van der Waals surface area contributed by atoms with Gasteiger partial charge in [-0.1, -0.05) is 49.1 Å². The summed E-state index contributed by atoms with van der Waals surface area (Å²) in [6, 6.07) is 12.5. The van der Waals surface area contributed by atoms with Gasteiger partial charge in [0, 0.05) is 12.8 Å². The lowest BCUT2D eigenvalue weighted by molar-refractivity contribution is -0.121. The molecule has 0 saturated heterocycles. The quantitative estimate of drug-likeness (QED) is 0.492. The summed E-state index contributed by atoms with van der Waals surface area (Å²) >= 11 is 6.44. The fraction of sp³-hybridized carbons (Fsp3) is 0.444. The third-order valence-corrected chi connectivity index (χ3v) is 8.32. The van der Waals surface area contributed by atoms with Crippen LogP contribution in [-0.4, -0.2) is 15.3 Å². The maximum Gasteiger partial charge on any atom is 0.282 e. The van der Waals surface area contributed by atoms with E-state index in [9.17, 15) is 9.59 Å². The molecule has 2 heterocycles. The molecule has 2 saturated carbocycles. The lowest BCUT2D eigenvalue weighted by Crippen LogP contribution is -2.32. The predicted molar refractivity (Wildman–Crippen MR) is 127 cm³/mol. The van der Waals surface area contributed by atoms with Crippen molar-refractivity contribution in [3.05, 3.63) is 68.7 Å². The monoisotopic (exact) mass is 446 g/mol. The molecule has 0 unspecified atom stereocenters. The number of carbonyl (C=O) groups is 1. The zero-order valence-electron chi connectivity index (χ0n) is 18.2. The molecule has 1 spiro atoms. The van der Waals surface area contributed by atoms with Gasteiger partial charge in [0.2, 0.25) is 0 Å². The van der Waals surface area contributed by atoms with E-state index in [0.29, 0.717) is 22.1 Å². The lowest BCUT2D eigenvalue weighted by Gasteiger charge is -2.34. The smallest absolute Gasteiger partial charge is 0.282 e. The summed E-state index contributed by atoms with van der Waals surface area (Å²) in [5.74, 6) is 1.89.